The van der Waals surface area contributed by atoms with Crippen molar-refractivity contribution in [2.45, 2.75) is 44.9 Å². The molecule has 1 aromatic carbocycles. The summed E-state index contributed by atoms with van der Waals surface area (Å²) in [6.07, 6.45) is 8.26. The maximum atomic E-state index is 12.8. The van der Waals surface area contributed by atoms with Gasteiger partial charge in [0.25, 0.3) is 5.91 Å². The molecule has 0 saturated carbocycles. The van der Waals surface area contributed by atoms with E-state index in [4.69, 9.17) is 4.63 Å². The summed E-state index contributed by atoms with van der Waals surface area (Å²) in [7, 11) is 0. The molecule has 3 aromatic rings. The summed E-state index contributed by atoms with van der Waals surface area (Å²) < 4.78 is 5.02. The van der Waals surface area contributed by atoms with E-state index in [1.807, 2.05) is 12.1 Å². The second kappa shape index (κ2) is 6.96. The molecule has 6 nitrogen and oxygen atoms in total. The Morgan fingerprint density at radius 1 is 1.04 bits per heavy atom. The number of fused-ring (bicyclic) bond motifs is 2. The number of hydrogen-bond acceptors (Lipinski definition) is 6. The molecule has 27 heavy (non-hydrogen) atoms. The van der Waals surface area contributed by atoms with Gasteiger partial charge in [-0.05, 0) is 79.0 Å². The van der Waals surface area contributed by atoms with E-state index in [0.29, 0.717) is 11.2 Å². The molecule has 0 unspecified atom stereocenters. The van der Waals surface area contributed by atoms with E-state index in [-0.39, 0.29) is 5.91 Å². The van der Waals surface area contributed by atoms with Crippen molar-refractivity contribution in [2.24, 2.45) is 0 Å². The standard InChI is InChI=1S/C20H22N4O2S/c25-20(17-12-13-6-2-3-7-16(13)27-17)21-14-8-9-15(19-18(14)22-26-23-19)24-10-4-1-5-11-24/h8-9,12H,1-7,10-11H2,(H,21,25). The Hall–Kier alpha value is -2.41. The average molecular weight is 382 g/mol. The van der Waals surface area contributed by atoms with E-state index in [9.17, 15) is 4.79 Å². The third-order valence-corrected chi connectivity index (χ3v) is 6.80. The molecular formula is C20H22N4O2S. The molecule has 3 heterocycles. The highest BCUT2D eigenvalue weighted by Crippen LogP contribution is 2.33. The fourth-order valence-electron chi connectivity index (χ4n) is 4.13. The smallest absolute Gasteiger partial charge is 0.265 e. The van der Waals surface area contributed by atoms with Gasteiger partial charge >= 0.3 is 0 Å². The molecule has 1 N–H and O–H groups in total. The van der Waals surface area contributed by atoms with Crippen LogP contribution in [0.4, 0.5) is 11.4 Å². The molecule has 0 radical (unpaired) electrons. The molecule has 2 aromatic heterocycles. The summed E-state index contributed by atoms with van der Waals surface area (Å²) in [6, 6.07) is 5.99. The van der Waals surface area contributed by atoms with Gasteiger partial charge in [0.15, 0.2) is 11.0 Å². The Balaban J connectivity index is 1.42. The van der Waals surface area contributed by atoms with E-state index in [0.717, 1.165) is 42.0 Å². The van der Waals surface area contributed by atoms with Crippen LogP contribution in [0.5, 0.6) is 0 Å². The number of carbonyl (C=O) groups excluding carboxylic acids is 1. The van der Waals surface area contributed by atoms with E-state index in [1.165, 1.54) is 42.5 Å². The van der Waals surface area contributed by atoms with E-state index in [1.54, 1.807) is 11.3 Å². The van der Waals surface area contributed by atoms with Crippen LogP contribution in [0.2, 0.25) is 0 Å². The Morgan fingerprint density at radius 3 is 2.70 bits per heavy atom. The Kier molecular flexibility index (Phi) is 4.32. The van der Waals surface area contributed by atoms with E-state index < -0.39 is 0 Å². The predicted molar refractivity (Wildman–Crippen MR) is 107 cm³/mol. The predicted octanol–water partition coefficient (Wildman–Crippen LogP) is 4.41. The van der Waals surface area contributed by atoms with Crippen LogP contribution in [0.15, 0.2) is 22.8 Å². The number of aryl methyl sites for hydroxylation is 2. The van der Waals surface area contributed by atoms with Gasteiger partial charge in [0.1, 0.15) is 0 Å². The molecule has 1 amide bonds. The van der Waals surface area contributed by atoms with Crippen molar-refractivity contribution in [3.63, 3.8) is 0 Å². The summed E-state index contributed by atoms with van der Waals surface area (Å²) >= 11 is 1.62. The Morgan fingerprint density at radius 2 is 1.85 bits per heavy atom. The molecule has 7 heteroatoms. The SMILES string of the molecule is O=C(Nc1ccc(N2CCCCC2)c2nonc12)c1cc2c(s1)CCCC2. The lowest BCUT2D eigenvalue weighted by molar-refractivity contribution is 0.103. The molecular weight excluding hydrogens is 360 g/mol. The number of aromatic nitrogens is 2. The van der Waals surface area contributed by atoms with Crippen LogP contribution in [0.3, 0.4) is 0 Å². The van der Waals surface area contributed by atoms with E-state index >= 15 is 0 Å². The van der Waals surface area contributed by atoms with Crippen LogP contribution in [-0.4, -0.2) is 29.3 Å². The van der Waals surface area contributed by atoms with E-state index in [2.05, 4.69) is 26.6 Å². The lowest BCUT2D eigenvalue weighted by Gasteiger charge is -2.28. The minimum absolute atomic E-state index is 0.0792. The van der Waals surface area contributed by atoms with Gasteiger partial charge in [-0.15, -0.1) is 11.3 Å². The number of amides is 1. The second-order valence-electron chi connectivity index (χ2n) is 7.36. The van der Waals surface area contributed by atoms with Crippen molar-refractivity contribution < 1.29 is 9.42 Å². The molecule has 1 fully saturated rings. The normalized spacial score (nSPS) is 17.1. The number of anilines is 2. The molecule has 1 aliphatic heterocycles. The van der Waals surface area contributed by atoms with Gasteiger partial charge in [-0.2, -0.15) is 0 Å². The summed E-state index contributed by atoms with van der Waals surface area (Å²) in [6.45, 7) is 2.04. The van der Waals surface area contributed by atoms with Gasteiger partial charge in [-0.25, -0.2) is 4.63 Å². The van der Waals surface area contributed by atoms with Crippen molar-refractivity contribution in [1.82, 2.24) is 10.3 Å². The zero-order valence-corrected chi connectivity index (χ0v) is 16.0. The molecule has 0 bridgehead atoms. The van der Waals surface area contributed by atoms with Gasteiger partial charge < -0.3 is 10.2 Å². The molecule has 0 spiro atoms. The van der Waals surface area contributed by atoms with Crippen LogP contribution in [0, 0.1) is 0 Å². The monoisotopic (exact) mass is 382 g/mol. The first-order valence-electron chi connectivity index (χ1n) is 9.73. The zero-order chi connectivity index (χ0) is 18.2. The molecule has 1 saturated heterocycles. The quantitative estimate of drug-likeness (QED) is 0.727. The van der Waals surface area contributed by atoms with Crippen molar-refractivity contribution >= 4 is 39.7 Å². The molecule has 2 aliphatic rings. The highest BCUT2D eigenvalue weighted by Gasteiger charge is 2.21. The summed E-state index contributed by atoms with van der Waals surface area (Å²) in [4.78, 5) is 17.3. The number of nitrogens with one attached hydrogen (secondary N) is 1. The zero-order valence-electron chi connectivity index (χ0n) is 15.2. The number of piperidine rings is 1. The number of carbonyl (C=O) groups is 1. The third-order valence-electron chi connectivity index (χ3n) is 5.56. The van der Waals surface area contributed by atoms with Gasteiger partial charge in [-0.1, -0.05) is 0 Å². The van der Waals surface area contributed by atoms with Crippen LogP contribution < -0.4 is 10.2 Å². The van der Waals surface area contributed by atoms with Crippen molar-refractivity contribution in [3.05, 3.63) is 33.5 Å². The van der Waals surface area contributed by atoms with Gasteiger partial charge in [0.05, 0.1) is 16.3 Å². The summed E-state index contributed by atoms with van der Waals surface area (Å²) in [5, 5.41) is 11.2. The lowest BCUT2D eigenvalue weighted by atomic mass is 9.99. The number of benzene rings is 1. The number of thiophene rings is 1. The maximum Gasteiger partial charge on any atom is 0.265 e. The maximum absolute atomic E-state index is 12.8. The lowest BCUT2D eigenvalue weighted by Crippen LogP contribution is -2.29. The molecule has 5 rings (SSSR count). The first-order chi connectivity index (χ1) is 13.3. The van der Waals surface area contributed by atoms with Gasteiger partial charge in [0, 0.05) is 18.0 Å². The van der Waals surface area contributed by atoms with Gasteiger partial charge in [-0.3, -0.25) is 4.79 Å². The fraction of sp³-hybridized carbons (Fsp3) is 0.450. The molecule has 140 valence electrons. The Labute approximate surface area is 161 Å². The van der Waals surface area contributed by atoms with Crippen LogP contribution in [0.1, 0.15) is 52.2 Å². The third kappa shape index (κ3) is 3.10. The molecule has 1 aliphatic carbocycles. The molecule has 0 atom stereocenters. The largest absolute Gasteiger partial charge is 0.370 e. The first kappa shape index (κ1) is 16.7. The van der Waals surface area contributed by atoms with Crippen molar-refractivity contribution in [3.8, 4) is 0 Å². The fourth-order valence-corrected chi connectivity index (χ4v) is 5.28. The summed E-state index contributed by atoms with van der Waals surface area (Å²) in [5.74, 6) is -0.0792. The summed E-state index contributed by atoms with van der Waals surface area (Å²) in [5.41, 5.74) is 4.37. The van der Waals surface area contributed by atoms with Crippen LogP contribution >= 0.6 is 11.3 Å². The van der Waals surface area contributed by atoms with Crippen molar-refractivity contribution in [1.29, 1.82) is 0 Å². The minimum Gasteiger partial charge on any atom is -0.370 e. The first-order valence-corrected chi connectivity index (χ1v) is 10.5. The van der Waals surface area contributed by atoms with Gasteiger partial charge in [0.2, 0.25) is 0 Å². The van der Waals surface area contributed by atoms with Crippen LogP contribution in [-0.2, 0) is 12.8 Å². The minimum atomic E-state index is -0.0792. The van der Waals surface area contributed by atoms with Crippen molar-refractivity contribution in [2.75, 3.05) is 23.3 Å². The number of rotatable bonds is 3. The second-order valence-corrected chi connectivity index (χ2v) is 8.50. The number of hydrogen-bond donors (Lipinski definition) is 1. The highest BCUT2D eigenvalue weighted by atomic mass is 32.1. The Bertz CT molecular complexity index is 964. The highest BCUT2D eigenvalue weighted by molar-refractivity contribution is 7.14. The average Bonchev–Trinajstić information content (AvgIpc) is 3.36. The van der Waals surface area contributed by atoms with Crippen LogP contribution in [0.25, 0.3) is 11.0 Å². The number of nitrogens with zero attached hydrogens (tertiary/aromatic N) is 3. The topological polar surface area (TPSA) is 71.3 Å².